The van der Waals surface area contributed by atoms with Gasteiger partial charge in [0.25, 0.3) is 0 Å². The van der Waals surface area contributed by atoms with Crippen LogP contribution >= 0.6 is 0 Å². The molecule has 0 aromatic heterocycles. The Morgan fingerprint density at radius 3 is 2.92 bits per heavy atom. The lowest BCUT2D eigenvalue weighted by Gasteiger charge is -2.03. The van der Waals surface area contributed by atoms with E-state index in [1.165, 1.54) is 19.1 Å². The fourth-order valence-corrected chi connectivity index (χ4v) is 0.700. The molecule has 0 amide bonds. The first-order chi connectivity index (χ1) is 5.68. The van der Waals surface area contributed by atoms with Gasteiger partial charge in [0.05, 0.1) is 5.69 Å². The first kappa shape index (κ1) is 8.39. The van der Waals surface area contributed by atoms with Crippen molar-refractivity contribution in [3.8, 4) is 5.75 Å². The van der Waals surface area contributed by atoms with Crippen molar-refractivity contribution in [3.05, 3.63) is 24.3 Å². The molecule has 12 heavy (non-hydrogen) atoms. The second kappa shape index (κ2) is 3.61. The molecule has 4 nitrogen and oxygen atoms in total. The Hall–Kier alpha value is -1.71. The minimum absolute atomic E-state index is 0.118. The third-order valence-electron chi connectivity index (χ3n) is 1.16. The molecule has 0 aliphatic carbocycles. The summed E-state index contributed by atoms with van der Waals surface area (Å²) in [5.41, 5.74) is 2.91. The molecule has 0 radical (unpaired) electrons. The molecule has 0 spiro atoms. The van der Waals surface area contributed by atoms with Gasteiger partial charge in [-0.2, -0.15) is 0 Å². The van der Waals surface area contributed by atoms with Crippen LogP contribution in [0.1, 0.15) is 6.92 Å². The summed E-state index contributed by atoms with van der Waals surface area (Å²) in [7, 11) is 0. The lowest BCUT2D eigenvalue weighted by molar-refractivity contribution is -0.138. The first-order valence-electron chi connectivity index (χ1n) is 3.41. The van der Waals surface area contributed by atoms with Crippen molar-refractivity contribution >= 4 is 11.7 Å². The number of anilines is 1. The monoisotopic (exact) mass is 167 g/mol. The number of carbonyl (C=O) groups is 1. The van der Waals surface area contributed by atoms with E-state index in [-0.39, 0.29) is 5.75 Å². The fraction of sp³-hybridized carbons (Fsp3) is 0.125. The Labute approximate surface area is 69.7 Å². The molecule has 0 unspecified atom stereocenters. The van der Waals surface area contributed by atoms with Crippen molar-refractivity contribution in [2.75, 3.05) is 5.48 Å². The van der Waals surface area contributed by atoms with E-state index in [4.69, 9.17) is 5.11 Å². The number of benzene rings is 1. The maximum Gasteiger partial charge on any atom is 0.329 e. The Morgan fingerprint density at radius 2 is 2.33 bits per heavy atom. The summed E-state index contributed by atoms with van der Waals surface area (Å²) < 4.78 is 0. The predicted octanol–water partition coefficient (Wildman–Crippen LogP) is 1.28. The van der Waals surface area contributed by atoms with E-state index in [9.17, 15) is 4.79 Å². The highest BCUT2D eigenvalue weighted by Gasteiger charge is 1.94. The Bertz CT molecular complexity index is 285. The number of carbonyl (C=O) groups excluding carboxylic acids is 1. The zero-order chi connectivity index (χ0) is 8.97. The van der Waals surface area contributed by atoms with Crippen LogP contribution in [0.4, 0.5) is 5.69 Å². The van der Waals surface area contributed by atoms with Gasteiger partial charge in [0, 0.05) is 13.0 Å². The number of phenols is 1. The summed E-state index contributed by atoms with van der Waals surface area (Å²) in [6.07, 6.45) is 0. The number of phenolic OH excluding ortho intramolecular Hbond substituents is 1. The van der Waals surface area contributed by atoms with Crippen LogP contribution in [-0.2, 0) is 9.63 Å². The van der Waals surface area contributed by atoms with Gasteiger partial charge in [-0.1, -0.05) is 6.07 Å². The largest absolute Gasteiger partial charge is 0.508 e. The van der Waals surface area contributed by atoms with Crippen molar-refractivity contribution in [1.82, 2.24) is 0 Å². The van der Waals surface area contributed by atoms with Gasteiger partial charge in [0.2, 0.25) is 0 Å². The van der Waals surface area contributed by atoms with E-state index >= 15 is 0 Å². The van der Waals surface area contributed by atoms with Crippen LogP contribution in [0, 0.1) is 0 Å². The molecule has 0 bridgehead atoms. The first-order valence-corrected chi connectivity index (χ1v) is 3.41. The standard InChI is InChI=1S/C8H9NO3/c1-6(10)12-9-7-3-2-4-8(11)5-7/h2-5,9,11H,1H3. The topological polar surface area (TPSA) is 58.6 Å². The van der Waals surface area contributed by atoms with Gasteiger partial charge in [-0.25, -0.2) is 5.48 Å². The molecule has 0 atom stereocenters. The van der Waals surface area contributed by atoms with Crippen LogP contribution in [0.3, 0.4) is 0 Å². The predicted molar refractivity (Wildman–Crippen MR) is 43.5 cm³/mol. The number of rotatable bonds is 2. The highest BCUT2D eigenvalue weighted by molar-refractivity contribution is 5.67. The van der Waals surface area contributed by atoms with Crippen molar-refractivity contribution in [2.45, 2.75) is 6.92 Å². The van der Waals surface area contributed by atoms with E-state index in [1.807, 2.05) is 0 Å². The van der Waals surface area contributed by atoms with E-state index in [0.717, 1.165) is 0 Å². The molecule has 1 aromatic rings. The van der Waals surface area contributed by atoms with Gasteiger partial charge in [-0.3, -0.25) is 4.79 Å². The number of aromatic hydroxyl groups is 1. The van der Waals surface area contributed by atoms with Gasteiger partial charge in [-0.05, 0) is 12.1 Å². The molecule has 4 heteroatoms. The maximum atomic E-state index is 10.4. The van der Waals surface area contributed by atoms with Crippen LogP contribution in [-0.4, -0.2) is 11.1 Å². The normalized spacial score (nSPS) is 9.08. The summed E-state index contributed by atoms with van der Waals surface area (Å²) in [4.78, 5) is 14.8. The van der Waals surface area contributed by atoms with Crippen LogP contribution < -0.4 is 5.48 Å². The molecule has 64 valence electrons. The highest BCUT2D eigenvalue weighted by Crippen LogP contribution is 2.14. The third kappa shape index (κ3) is 2.49. The Morgan fingerprint density at radius 1 is 1.58 bits per heavy atom. The molecular formula is C8H9NO3. The van der Waals surface area contributed by atoms with Crippen LogP contribution in [0.5, 0.6) is 5.75 Å². The van der Waals surface area contributed by atoms with Crippen molar-refractivity contribution in [1.29, 1.82) is 0 Å². The molecule has 0 fully saturated rings. The highest BCUT2D eigenvalue weighted by atomic mass is 16.7. The molecule has 0 aliphatic heterocycles. The van der Waals surface area contributed by atoms with Crippen LogP contribution in [0.15, 0.2) is 24.3 Å². The molecule has 0 saturated heterocycles. The van der Waals surface area contributed by atoms with Crippen molar-refractivity contribution in [3.63, 3.8) is 0 Å². The third-order valence-corrected chi connectivity index (χ3v) is 1.16. The lowest BCUT2D eigenvalue weighted by atomic mass is 10.3. The van der Waals surface area contributed by atoms with E-state index in [2.05, 4.69) is 10.3 Å². The Balaban J connectivity index is 2.57. The van der Waals surface area contributed by atoms with Crippen molar-refractivity contribution < 1.29 is 14.7 Å². The quantitative estimate of drug-likeness (QED) is 0.651. The van der Waals surface area contributed by atoms with Gasteiger partial charge in [0.15, 0.2) is 0 Å². The van der Waals surface area contributed by atoms with Crippen LogP contribution in [0.2, 0.25) is 0 Å². The summed E-state index contributed by atoms with van der Waals surface area (Å²) in [5.74, 6) is -0.314. The summed E-state index contributed by atoms with van der Waals surface area (Å²) in [6.45, 7) is 1.29. The maximum absolute atomic E-state index is 10.4. The molecule has 0 saturated carbocycles. The van der Waals surface area contributed by atoms with Crippen LogP contribution in [0.25, 0.3) is 0 Å². The zero-order valence-corrected chi connectivity index (χ0v) is 6.57. The Kier molecular flexibility index (Phi) is 2.53. The smallest absolute Gasteiger partial charge is 0.329 e. The van der Waals surface area contributed by atoms with Gasteiger partial charge < -0.3 is 9.94 Å². The van der Waals surface area contributed by atoms with Gasteiger partial charge >= 0.3 is 5.97 Å². The average molecular weight is 167 g/mol. The number of hydrogen-bond donors (Lipinski definition) is 2. The summed E-state index contributed by atoms with van der Waals surface area (Å²) >= 11 is 0. The molecular weight excluding hydrogens is 158 g/mol. The molecule has 0 heterocycles. The summed E-state index contributed by atoms with van der Waals surface area (Å²) in [6, 6.07) is 6.28. The van der Waals surface area contributed by atoms with Gasteiger partial charge in [0.1, 0.15) is 5.75 Å². The molecule has 1 rings (SSSR count). The molecule has 2 N–H and O–H groups in total. The van der Waals surface area contributed by atoms with Gasteiger partial charge in [-0.15, -0.1) is 0 Å². The minimum Gasteiger partial charge on any atom is -0.508 e. The SMILES string of the molecule is CC(=O)ONc1cccc(O)c1. The number of hydrogen-bond acceptors (Lipinski definition) is 4. The average Bonchev–Trinajstić information content (AvgIpc) is 2.01. The van der Waals surface area contributed by atoms with E-state index in [0.29, 0.717) is 5.69 Å². The van der Waals surface area contributed by atoms with E-state index < -0.39 is 5.97 Å². The molecule has 0 aliphatic rings. The summed E-state index contributed by atoms with van der Waals surface area (Å²) in [5, 5.41) is 9.00. The second-order valence-corrected chi connectivity index (χ2v) is 2.25. The second-order valence-electron chi connectivity index (χ2n) is 2.25. The fourth-order valence-electron chi connectivity index (χ4n) is 0.700. The molecule has 1 aromatic carbocycles. The minimum atomic E-state index is -0.432. The van der Waals surface area contributed by atoms with E-state index in [1.54, 1.807) is 12.1 Å². The lowest BCUT2D eigenvalue weighted by Crippen LogP contribution is -2.05. The zero-order valence-electron chi connectivity index (χ0n) is 6.57. The number of nitrogens with one attached hydrogen (secondary N) is 1. The van der Waals surface area contributed by atoms with Crippen molar-refractivity contribution in [2.24, 2.45) is 0 Å².